The standard InChI is InChI=1S/C24H18N4.Cu/c1-2-4-22-21(3-1)23-13-19-9-7-17(26-19)11-15-5-6-16(25-15)12-18-8-10-20(27-18)14-24(22)28-23;/h1-14,25-28H;. The van der Waals surface area contributed by atoms with E-state index in [4.69, 9.17) is 0 Å². The van der Waals surface area contributed by atoms with E-state index in [1.807, 2.05) is 0 Å². The monoisotopic (exact) mass is 425 g/mol. The van der Waals surface area contributed by atoms with Crippen LogP contribution in [0.2, 0.25) is 0 Å². The molecule has 1 aromatic carbocycles. The van der Waals surface area contributed by atoms with Gasteiger partial charge in [0.2, 0.25) is 0 Å². The summed E-state index contributed by atoms with van der Waals surface area (Å²) in [6.45, 7) is 0. The van der Waals surface area contributed by atoms with Crippen LogP contribution in [-0.4, -0.2) is 19.9 Å². The van der Waals surface area contributed by atoms with Crippen molar-refractivity contribution in [3.05, 3.63) is 105 Å². The van der Waals surface area contributed by atoms with Crippen LogP contribution < -0.4 is 21.4 Å². The maximum atomic E-state index is 3.59. The second-order valence-corrected chi connectivity index (χ2v) is 7.18. The summed E-state index contributed by atoms with van der Waals surface area (Å²) in [7, 11) is 0. The number of rotatable bonds is 0. The van der Waals surface area contributed by atoms with E-state index in [2.05, 4.69) is 105 Å². The Hall–Kier alpha value is -3.40. The molecule has 145 valence electrons. The zero-order valence-electron chi connectivity index (χ0n) is 15.4. The fourth-order valence-electron chi connectivity index (χ4n) is 3.90. The molecule has 0 saturated heterocycles. The van der Waals surface area contributed by atoms with Crippen molar-refractivity contribution in [1.29, 1.82) is 0 Å². The molecule has 4 N–H and O–H groups in total. The second kappa shape index (κ2) is 6.89. The van der Waals surface area contributed by atoms with Gasteiger partial charge in [-0.05, 0) is 60.7 Å². The summed E-state index contributed by atoms with van der Waals surface area (Å²) in [6.07, 6.45) is 8.56. The van der Waals surface area contributed by atoms with Gasteiger partial charge >= 0.3 is 0 Å². The van der Waals surface area contributed by atoms with Crippen LogP contribution in [0.25, 0.3) is 35.1 Å². The van der Waals surface area contributed by atoms with Crippen molar-refractivity contribution in [2.75, 3.05) is 0 Å². The van der Waals surface area contributed by atoms with Crippen LogP contribution >= 0.6 is 0 Å². The Morgan fingerprint density at radius 1 is 0.414 bits per heavy atom. The van der Waals surface area contributed by atoms with Crippen LogP contribution in [0.3, 0.4) is 0 Å². The second-order valence-electron chi connectivity index (χ2n) is 7.18. The number of benzene rings is 1. The predicted molar refractivity (Wildman–Crippen MR) is 113 cm³/mol. The Bertz CT molecular complexity index is 1460. The van der Waals surface area contributed by atoms with Crippen molar-refractivity contribution in [3.8, 4) is 0 Å². The molecule has 4 nitrogen and oxygen atoms in total. The van der Waals surface area contributed by atoms with Gasteiger partial charge in [0, 0.05) is 72.0 Å². The summed E-state index contributed by atoms with van der Waals surface area (Å²) in [4.78, 5) is 14.0. The summed E-state index contributed by atoms with van der Waals surface area (Å²) in [6, 6.07) is 21.1. The van der Waals surface area contributed by atoms with Gasteiger partial charge in [-0.25, -0.2) is 0 Å². The number of fused-ring (bicyclic) bond motifs is 11. The molecule has 0 spiro atoms. The van der Waals surface area contributed by atoms with E-state index in [0.29, 0.717) is 0 Å². The van der Waals surface area contributed by atoms with E-state index in [9.17, 15) is 0 Å². The largest absolute Gasteiger partial charge is 0.355 e. The van der Waals surface area contributed by atoms with Crippen molar-refractivity contribution in [2.45, 2.75) is 0 Å². The molecule has 5 heteroatoms. The molecular weight excluding hydrogens is 408 g/mol. The smallest absolute Gasteiger partial charge is 0.0485 e. The fourth-order valence-corrected chi connectivity index (χ4v) is 3.90. The quantitative estimate of drug-likeness (QED) is 0.268. The van der Waals surface area contributed by atoms with Gasteiger partial charge in [-0.1, -0.05) is 24.3 Å². The third-order valence-corrected chi connectivity index (χ3v) is 5.19. The van der Waals surface area contributed by atoms with Gasteiger partial charge in [0.05, 0.1) is 0 Å². The summed E-state index contributed by atoms with van der Waals surface area (Å²) < 4.78 is 0. The minimum absolute atomic E-state index is 0. The number of aromatic amines is 4. The van der Waals surface area contributed by atoms with Crippen LogP contribution in [0.4, 0.5) is 0 Å². The number of H-pyrrole nitrogens is 4. The maximum absolute atomic E-state index is 3.59. The summed E-state index contributed by atoms with van der Waals surface area (Å²) in [5.74, 6) is 0. The molecule has 0 unspecified atom stereocenters. The normalized spacial score (nSPS) is 12.3. The Kier molecular flexibility index (Phi) is 4.20. The zero-order valence-corrected chi connectivity index (χ0v) is 16.3. The Morgan fingerprint density at radius 3 is 1.34 bits per heavy atom. The van der Waals surface area contributed by atoms with E-state index in [1.54, 1.807) is 0 Å². The molecule has 29 heavy (non-hydrogen) atoms. The summed E-state index contributed by atoms with van der Waals surface area (Å²) in [5.41, 5.74) is 4.27. The van der Waals surface area contributed by atoms with Crippen molar-refractivity contribution < 1.29 is 17.1 Å². The van der Waals surface area contributed by atoms with Crippen LogP contribution in [-0.2, 0) is 17.1 Å². The molecule has 5 heterocycles. The Labute approximate surface area is 176 Å². The molecule has 0 amide bonds. The van der Waals surface area contributed by atoms with E-state index < -0.39 is 0 Å². The van der Waals surface area contributed by atoms with Crippen LogP contribution in [0.5, 0.6) is 0 Å². The van der Waals surface area contributed by atoms with Gasteiger partial charge in [-0.15, -0.1) is 0 Å². The number of hydrogen-bond donors (Lipinski definition) is 4. The van der Waals surface area contributed by atoms with E-state index >= 15 is 0 Å². The first-order valence-corrected chi connectivity index (χ1v) is 9.37. The van der Waals surface area contributed by atoms with Crippen LogP contribution in [0.15, 0.2) is 60.7 Å². The Balaban J connectivity index is 0.00000181. The first kappa shape index (κ1) is 17.7. The van der Waals surface area contributed by atoms with Crippen LogP contribution in [0, 0.1) is 0 Å². The van der Waals surface area contributed by atoms with E-state index in [0.717, 1.165) is 44.2 Å². The SMILES string of the molecule is C1=c2ccc([nH]2)=Cc2ccc([nH]2)C=c2[nH]c(c3ccccc23)=Cc2ccc1[nH]2.[Cu]. The van der Waals surface area contributed by atoms with Crippen molar-refractivity contribution in [3.63, 3.8) is 0 Å². The molecule has 0 aliphatic carbocycles. The van der Waals surface area contributed by atoms with Crippen LogP contribution in [0.1, 0.15) is 22.8 Å². The molecule has 1 aliphatic rings. The van der Waals surface area contributed by atoms with Crippen molar-refractivity contribution in [2.24, 2.45) is 0 Å². The molecular formula is C24H18CuN4. The van der Waals surface area contributed by atoms with Gasteiger partial charge < -0.3 is 19.9 Å². The van der Waals surface area contributed by atoms with Crippen molar-refractivity contribution in [1.82, 2.24) is 19.9 Å². The molecule has 8 bridgehead atoms. The van der Waals surface area contributed by atoms with Gasteiger partial charge in [0.1, 0.15) is 0 Å². The van der Waals surface area contributed by atoms with Gasteiger partial charge in [0.15, 0.2) is 0 Å². The molecule has 6 rings (SSSR count). The minimum Gasteiger partial charge on any atom is -0.355 e. The van der Waals surface area contributed by atoms with Gasteiger partial charge in [-0.2, -0.15) is 0 Å². The molecule has 0 fully saturated rings. The third-order valence-electron chi connectivity index (χ3n) is 5.19. The molecule has 5 aromatic rings. The van der Waals surface area contributed by atoms with E-state index in [1.165, 1.54) is 10.8 Å². The average Bonchev–Trinajstić information content (AvgIpc) is 3.47. The molecule has 1 radical (unpaired) electrons. The average molecular weight is 426 g/mol. The molecule has 0 saturated carbocycles. The minimum atomic E-state index is 0. The number of aromatic nitrogens is 4. The Morgan fingerprint density at radius 2 is 0.862 bits per heavy atom. The summed E-state index contributed by atoms with van der Waals surface area (Å²) in [5, 5.41) is 6.76. The van der Waals surface area contributed by atoms with E-state index in [-0.39, 0.29) is 17.1 Å². The number of nitrogens with one attached hydrogen (secondary N) is 4. The van der Waals surface area contributed by atoms with Gasteiger partial charge in [-0.3, -0.25) is 0 Å². The third kappa shape index (κ3) is 3.21. The van der Waals surface area contributed by atoms with Gasteiger partial charge in [0.25, 0.3) is 0 Å². The number of hydrogen-bond acceptors (Lipinski definition) is 0. The first-order valence-electron chi connectivity index (χ1n) is 9.37. The predicted octanol–water partition coefficient (Wildman–Crippen LogP) is 1.78. The molecule has 4 aromatic heterocycles. The fraction of sp³-hybridized carbons (Fsp3) is 0. The zero-order chi connectivity index (χ0) is 18.5. The molecule has 1 aliphatic heterocycles. The maximum Gasteiger partial charge on any atom is 0.0485 e. The van der Waals surface area contributed by atoms with Crippen molar-refractivity contribution >= 4 is 35.1 Å². The molecule has 0 atom stereocenters. The topological polar surface area (TPSA) is 63.2 Å². The summed E-state index contributed by atoms with van der Waals surface area (Å²) >= 11 is 0. The first-order chi connectivity index (χ1) is 13.8.